The highest BCUT2D eigenvalue weighted by Crippen LogP contribution is 2.38. The molecule has 1 N–H and O–H groups in total. The number of anilines is 1. The number of hydrogen-bond donors (Lipinski definition) is 1. The summed E-state index contributed by atoms with van der Waals surface area (Å²) in [4.78, 5) is 23.3. The standard InChI is InChI=1S/C26H20Br3N3O5/c1-3-36-23-12-17(10-18(13-30)26(33)31-24-20(27)8-15(2)9-21(24)28)11-22(29)25(23)37-14-16-4-6-19(7-5-16)32(34)35/h4-12H,3,14H2,1-2H3,(H,31,33)/b18-10+. The molecule has 0 saturated heterocycles. The van der Waals surface area contributed by atoms with Crippen LogP contribution < -0.4 is 14.8 Å². The van der Waals surface area contributed by atoms with Crippen LogP contribution in [0.2, 0.25) is 0 Å². The predicted octanol–water partition coefficient (Wildman–Crippen LogP) is 7.71. The van der Waals surface area contributed by atoms with E-state index in [-0.39, 0.29) is 17.9 Å². The van der Waals surface area contributed by atoms with Crippen molar-refractivity contribution in [3.05, 3.63) is 94.3 Å². The van der Waals surface area contributed by atoms with Gasteiger partial charge in [0.15, 0.2) is 11.5 Å². The fourth-order valence-electron chi connectivity index (χ4n) is 3.26. The lowest BCUT2D eigenvalue weighted by molar-refractivity contribution is -0.384. The zero-order chi connectivity index (χ0) is 27.1. The molecule has 0 saturated carbocycles. The predicted molar refractivity (Wildman–Crippen MR) is 152 cm³/mol. The minimum Gasteiger partial charge on any atom is -0.490 e. The highest BCUT2D eigenvalue weighted by molar-refractivity contribution is 9.11. The van der Waals surface area contributed by atoms with E-state index >= 15 is 0 Å². The Morgan fingerprint density at radius 1 is 1.08 bits per heavy atom. The van der Waals surface area contributed by atoms with Crippen LogP contribution in [0.3, 0.4) is 0 Å². The van der Waals surface area contributed by atoms with Gasteiger partial charge in [-0.2, -0.15) is 5.26 Å². The Morgan fingerprint density at radius 3 is 2.30 bits per heavy atom. The number of nitriles is 1. The van der Waals surface area contributed by atoms with Crippen LogP contribution in [-0.2, 0) is 11.4 Å². The van der Waals surface area contributed by atoms with E-state index in [0.717, 1.165) is 11.1 Å². The summed E-state index contributed by atoms with van der Waals surface area (Å²) in [7, 11) is 0. The van der Waals surface area contributed by atoms with Gasteiger partial charge >= 0.3 is 0 Å². The third kappa shape index (κ3) is 7.41. The number of hydrogen-bond acceptors (Lipinski definition) is 6. The van der Waals surface area contributed by atoms with E-state index in [1.165, 1.54) is 18.2 Å². The quantitative estimate of drug-likeness (QED) is 0.106. The number of nitrogens with zero attached hydrogens (tertiary/aromatic N) is 2. The maximum atomic E-state index is 12.9. The third-order valence-electron chi connectivity index (χ3n) is 4.96. The van der Waals surface area contributed by atoms with Gasteiger partial charge in [-0.3, -0.25) is 14.9 Å². The summed E-state index contributed by atoms with van der Waals surface area (Å²) < 4.78 is 13.6. The molecule has 190 valence electrons. The van der Waals surface area contributed by atoms with Crippen molar-refractivity contribution in [2.24, 2.45) is 0 Å². The molecule has 0 radical (unpaired) electrons. The Balaban J connectivity index is 1.85. The molecule has 0 aliphatic heterocycles. The molecule has 37 heavy (non-hydrogen) atoms. The van der Waals surface area contributed by atoms with Gasteiger partial charge in [0.1, 0.15) is 18.2 Å². The summed E-state index contributed by atoms with van der Waals surface area (Å²) in [5.41, 5.74) is 2.69. The summed E-state index contributed by atoms with van der Waals surface area (Å²) in [6.45, 7) is 4.25. The van der Waals surface area contributed by atoms with Gasteiger partial charge in [0.05, 0.1) is 21.7 Å². The SMILES string of the molecule is CCOc1cc(/C=C(\C#N)C(=O)Nc2c(Br)cc(C)cc2Br)cc(Br)c1OCc1ccc([N+](=O)[O-])cc1. The monoisotopic (exact) mass is 691 g/mol. The third-order valence-corrected chi connectivity index (χ3v) is 6.80. The van der Waals surface area contributed by atoms with Gasteiger partial charge in [-0.05, 0) is 121 Å². The number of benzene rings is 3. The average molecular weight is 694 g/mol. The van der Waals surface area contributed by atoms with Crippen LogP contribution in [0.5, 0.6) is 11.5 Å². The minimum atomic E-state index is -0.569. The Labute approximate surface area is 238 Å². The van der Waals surface area contributed by atoms with Gasteiger partial charge in [-0.25, -0.2) is 0 Å². The Hall–Kier alpha value is -3.20. The number of carbonyl (C=O) groups is 1. The number of halogens is 3. The zero-order valence-electron chi connectivity index (χ0n) is 19.7. The molecule has 0 fully saturated rings. The minimum absolute atomic E-state index is 0.00416. The largest absolute Gasteiger partial charge is 0.490 e. The van der Waals surface area contributed by atoms with Crippen LogP contribution in [0.1, 0.15) is 23.6 Å². The van der Waals surface area contributed by atoms with Gasteiger partial charge in [-0.15, -0.1) is 0 Å². The van der Waals surface area contributed by atoms with Gasteiger partial charge in [-0.1, -0.05) is 0 Å². The molecule has 0 spiro atoms. The van der Waals surface area contributed by atoms with Crippen molar-refractivity contribution in [1.29, 1.82) is 5.26 Å². The Morgan fingerprint density at radius 2 is 1.73 bits per heavy atom. The number of nitro benzene ring substituents is 1. The smallest absolute Gasteiger partial charge is 0.269 e. The van der Waals surface area contributed by atoms with Gasteiger partial charge in [0.2, 0.25) is 0 Å². The number of ether oxygens (including phenoxy) is 2. The van der Waals surface area contributed by atoms with Crippen LogP contribution >= 0.6 is 47.8 Å². The fraction of sp³-hybridized carbons (Fsp3) is 0.154. The lowest BCUT2D eigenvalue weighted by Crippen LogP contribution is -2.14. The molecule has 1 amide bonds. The lowest BCUT2D eigenvalue weighted by Gasteiger charge is -2.15. The molecular weight excluding hydrogens is 674 g/mol. The van der Waals surface area contributed by atoms with Crippen molar-refractivity contribution in [3.8, 4) is 17.6 Å². The molecule has 0 heterocycles. The summed E-state index contributed by atoms with van der Waals surface area (Å²) >= 11 is 10.4. The fourth-order valence-corrected chi connectivity index (χ4v) is 5.45. The van der Waals surface area contributed by atoms with E-state index in [0.29, 0.717) is 42.8 Å². The lowest BCUT2D eigenvalue weighted by atomic mass is 10.1. The molecule has 3 aromatic rings. The van der Waals surface area contributed by atoms with Gasteiger partial charge in [0, 0.05) is 21.1 Å². The molecule has 0 aromatic heterocycles. The Bertz CT molecular complexity index is 1390. The van der Waals surface area contributed by atoms with Crippen LogP contribution in [0.25, 0.3) is 6.08 Å². The van der Waals surface area contributed by atoms with E-state index in [9.17, 15) is 20.2 Å². The van der Waals surface area contributed by atoms with Crippen molar-refractivity contribution in [2.45, 2.75) is 20.5 Å². The van der Waals surface area contributed by atoms with Crippen LogP contribution in [-0.4, -0.2) is 17.4 Å². The molecule has 0 aliphatic rings. The highest BCUT2D eigenvalue weighted by Gasteiger charge is 2.17. The number of carbonyl (C=O) groups excluding carboxylic acids is 1. The number of nitrogens with one attached hydrogen (secondary N) is 1. The molecule has 0 bridgehead atoms. The van der Waals surface area contributed by atoms with E-state index < -0.39 is 10.8 Å². The molecule has 0 aliphatic carbocycles. The van der Waals surface area contributed by atoms with Crippen LogP contribution in [0, 0.1) is 28.4 Å². The first-order chi connectivity index (χ1) is 17.6. The molecule has 0 unspecified atom stereocenters. The summed E-state index contributed by atoms with van der Waals surface area (Å²) in [6, 6.07) is 15.1. The normalized spacial score (nSPS) is 11.0. The second-order valence-electron chi connectivity index (χ2n) is 7.70. The first-order valence-electron chi connectivity index (χ1n) is 10.8. The molecule has 3 rings (SSSR count). The maximum Gasteiger partial charge on any atom is 0.269 e. The number of rotatable bonds is 9. The number of non-ortho nitro benzene ring substituents is 1. The molecular formula is C26H20Br3N3O5. The first kappa shape index (κ1) is 28.4. The topological polar surface area (TPSA) is 114 Å². The molecule has 0 atom stereocenters. The molecule has 3 aromatic carbocycles. The average Bonchev–Trinajstić information content (AvgIpc) is 2.84. The van der Waals surface area contributed by atoms with Crippen molar-refractivity contribution in [2.75, 3.05) is 11.9 Å². The van der Waals surface area contributed by atoms with E-state index in [4.69, 9.17) is 9.47 Å². The summed E-state index contributed by atoms with van der Waals surface area (Å²) in [5, 5.41) is 23.3. The van der Waals surface area contributed by atoms with E-state index in [2.05, 4.69) is 53.1 Å². The van der Waals surface area contributed by atoms with E-state index in [1.807, 2.05) is 32.0 Å². The number of aryl methyl sites for hydroxylation is 1. The van der Waals surface area contributed by atoms with E-state index in [1.54, 1.807) is 24.3 Å². The summed E-state index contributed by atoms with van der Waals surface area (Å²) in [6.07, 6.45) is 1.46. The molecule has 11 heteroatoms. The second-order valence-corrected chi connectivity index (χ2v) is 10.3. The van der Waals surface area contributed by atoms with Crippen molar-refractivity contribution in [3.63, 3.8) is 0 Å². The number of nitro groups is 1. The van der Waals surface area contributed by atoms with Crippen LogP contribution in [0.15, 0.2) is 67.5 Å². The second kappa shape index (κ2) is 12.9. The van der Waals surface area contributed by atoms with Crippen molar-refractivity contribution < 1.29 is 19.2 Å². The summed E-state index contributed by atoms with van der Waals surface area (Å²) in [5.74, 6) is 0.264. The van der Waals surface area contributed by atoms with Gasteiger partial charge in [0.25, 0.3) is 11.6 Å². The van der Waals surface area contributed by atoms with Crippen LogP contribution in [0.4, 0.5) is 11.4 Å². The van der Waals surface area contributed by atoms with Crippen molar-refractivity contribution in [1.82, 2.24) is 0 Å². The highest BCUT2D eigenvalue weighted by atomic mass is 79.9. The van der Waals surface area contributed by atoms with Gasteiger partial charge < -0.3 is 14.8 Å². The van der Waals surface area contributed by atoms with Crippen molar-refractivity contribution >= 4 is 71.1 Å². The number of amides is 1. The first-order valence-corrected chi connectivity index (χ1v) is 13.2. The Kier molecular flexibility index (Phi) is 9.86. The zero-order valence-corrected chi connectivity index (χ0v) is 24.4. The maximum absolute atomic E-state index is 12.9. The molecule has 8 nitrogen and oxygen atoms in total.